The molecule has 3 fully saturated rings. The normalized spacial score (nSPS) is 33.2. The molecule has 5 nitrogen and oxygen atoms in total. The van der Waals surface area contributed by atoms with Gasteiger partial charge in [-0.2, -0.15) is 0 Å². The maximum absolute atomic E-state index is 12.9. The standard InChI is InChI=1S/C16H26N2O3/c1-3-9-21-10-8-18-13(11-4-5-11)14(19)17-16(2,15(18)20)12-6-7-12/h11-13H,3-10H2,1-2H3,(H,17,19). The molecule has 2 unspecified atom stereocenters. The quantitative estimate of drug-likeness (QED) is 0.720. The van der Waals surface area contributed by atoms with Gasteiger partial charge >= 0.3 is 0 Å². The number of carbonyl (C=O) groups is 2. The summed E-state index contributed by atoms with van der Waals surface area (Å²) in [5, 5.41) is 3.04. The molecule has 0 spiro atoms. The Hall–Kier alpha value is -1.10. The molecule has 0 aromatic carbocycles. The molecule has 2 saturated carbocycles. The Balaban J connectivity index is 1.72. The number of hydrogen-bond donors (Lipinski definition) is 1. The highest BCUT2D eigenvalue weighted by molar-refractivity contribution is 6.00. The first-order chi connectivity index (χ1) is 10.1. The van der Waals surface area contributed by atoms with Crippen molar-refractivity contribution in [1.29, 1.82) is 0 Å². The van der Waals surface area contributed by atoms with E-state index < -0.39 is 5.54 Å². The lowest BCUT2D eigenvalue weighted by Gasteiger charge is -2.45. The Labute approximate surface area is 126 Å². The fourth-order valence-corrected chi connectivity index (χ4v) is 3.42. The molecule has 1 N–H and O–H groups in total. The molecule has 0 bridgehead atoms. The first-order valence-corrected chi connectivity index (χ1v) is 8.28. The van der Waals surface area contributed by atoms with Gasteiger partial charge in [-0.15, -0.1) is 0 Å². The average Bonchev–Trinajstić information content (AvgIpc) is 3.30. The summed E-state index contributed by atoms with van der Waals surface area (Å²) in [4.78, 5) is 27.3. The fourth-order valence-electron chi connectivity index (χ4n) is 3.42. The lowest BCUT2D eigenvalue weighted by Crippen LogP contribution is -2.71. The number of piperazine rings is 1. The monoisotopic (exact) mass is 294 g/mol. The molecule has 3 rings (SSSR count). The lowest BCUT2D eigenvalue weighted by molar-refractivity contribution is -0.157. The van der Waals surface area contributed by atoms with Gasteiger partial charge in [0.25, 0.3) is 0 Å². The van der Waals surface area contributed by atoms with Crippen molar-refractivity contribution in [2.45, 2.75) is 57.5 Å². The van der Waals surface area contributed by atoms with Crippen LogP contribution in [-0.2, 0) is 14.3 Å². The minimum Gasteiger partial charge on any atom is -0.380 e. The number of nitrogens with one attached hydrogen (secondary N) is 1. The summed E-state index contributed by atoms with van der Waals surface area (Å²) < 4.78 is 5.54. The van der Waals surface area contributed by atoms with Crippen molar-refractivity contribution in [2.75, 3.05) is 19.8 Å². The Bertz CT molecular complexity index is 431. The number of ether oxygens (including phenoxy) is 1. The summed E-state index contributed by atoms with van der Waals surface area (Å²) in [6.07, 6.45) is 5.16. The summed E-state index contributed by atoms with van der Waals surface area (Å²) in [7, 11) is 0. The Kier molecular flexibility index (Phi) is 3.95. The highest BCUT2D eigenvalue weighted by Crippen LogP contribution is 2.45. The SMILES string of the molecule is CCCOCCN1C(=O)C(C)(C2CC2)NC(=O)C1C1CC1. The summed E-state index contributed by atoms with van der Waals surface area (Å²) in [5.74, 6) is 0.806. The topological polar surface area (TPSA) is 58.6 Å². The van der Waals surface area contributed by atoms with Crippen LogP contribution in [0.15, 0.2) is 0 Å². The van der Waals surface area contributed by atoms with Crippen LogP contribution >= 0.6 is 0 Å². The zero-order valence-electron chi connectivity index (χ0n) is 13.1. The maximum atomic E-state index is 12.9. The van der Waals surface area contributed by atoms with Gasteiger partial charge in [0.15, 0.2) is 0 Å². The van der Waals surface area contributed by atoms with Crippen LogP contribution in [0.4, 0.5) is 0 Å². The number of rotatable bonds is 7. The van der Waals surface area contributed by atoms with Gasteiger partial charge < -0.3 is 15.0 Å². The first-order valence-electron chi connectivity index (χ1n) is 8.28. The second-order valence-corrected chi connectivity index (χ2v) is 6.86. The van der Waals surface area contributed by atoms with Crippen molar-refractivity contribution in [3.05, 3.63) is 0 Å². The minimum absolute atomic E-state index is 0.0435. The fraction of sp³-hybridized carbons (Fsp3) is 0.875. The molecule has 2 atom stereocenters. The van der Waals surface area contributed by atoms with Crippen molar-refractivity contribution in [3.63, 3.8) is 0 Å². The van der Waals surface area contributed by atoms with Gasteiger partial charge in [0, 0.05) is 13.2 Å². The summed E-state index contributed by atoms with van der Waals surface area (Å²) in [5.41, 5.74) is -0.687. The first kappa shape index (κ1) is 14.8. The highest BCUT2D eigenvalue weighted by Gasteiger charge is 2.57. The van der Waals surface area contributed by atoms with E-state index in [1.807, 2.05) is 11.8 Å². The van der Waals surface area contributed by atoms with Crippen LogP contribution in [0.1, 0.15) is 46.0 Å². The molecule has 1 aliphatic heterocycles. The maximum Gasteiger partial charge on any atom is 0.249 e. The minimum atomic E-state index is -0.687. The van der Waals surface area contributed by atoms with Crippen LogP contribution in [0.25, 0.3) is 0 Å². The molecule has 21 heavy (non-hydrogen) atoms. The number of hydrogen-bond acceptors (Lipinski definition) is 3. The van der Waals surface area contributed by atoms with Gasteiger partial charge in [-0.3, -0.25) is 9.59 Å². The molecule has 0 radical (unpaired) electrons. The third-order valence-electron chi connectivity index (χ3n) is 4.98. The lowest BCUT2D eigenvalue weighted by atomic mass is 9.88. The zero-order valence-corrected chi connectivity index (χ0v) is 13.1. The van der Waals surface area contributed by atoms with Crippen molar-refractivity contribution >= 4 is 11.8 Å². The number of amides is 2. The molecule has 0 aromatic heterocycles. The van der Waals surface area contributed by atoms with Gasteiger partial charge in [-0.25, -0.2) is 0 Å². The van der Waals surface area contributed by atoms with Crippen LogP contribution in [0, 0.1) is 11.8 Å². The van der Waals surface area contributed by atoms with Crippen LogP contribution in [-0.4, -0.2) is 48.1 Å². The van der Waals surface area contributed by atoms with E-state index in [1.54, 1.807) is 0 Å². The van der Waals surface area contributed by atoms with Crippen LogP contribution < -0.4 is 5.32 Å². The summed E-state index contributed by atoms with van der Waals surface area (Å²) in [6.45, 7) is 5.74. The molecule has 0 aromatic rings. The van der Waals surface area contributed by atoms with Crippen molar-refractivity contribution < 1.29 is 14.3 Å². The third kappa shape index (κ3) is 2.80. The molecule has 2 aliphatic carbocycles. The second-order valence-electron chi connectivity index (χ2n) is 6.86. The van der Waals surface area contributed by atoms with Gasteiger partial charge in [-0.05, 0) is 50.9 Å². The van der Waals surface area contributed by atoms with Crippen molar-refractivity contribution in [1.82, 2.24) is 10.2 Å². The average molecular weight is 294 g/mol. The molecule has 1 heterocycles. The van der Waals surface area contributed by atoms with Gasteiger partial charge in [0.2, 0.25) is 11.8 Å². The smallest absolute Gasteiger partial charge is 0.249 e. The molecule has 1 saturated heterocycles. The highest BCUT2D eigenvalue weighted by atomic mass is 16.5. The van der Waals surface area contributed by atoms with E-state index in [1.165, 1.54) is 0 Å². The van der Waals surface area contributed by atoms with Crippen molar-refractivity contribution in [2.24, 2.45) is 11.8 Å². The number of carbonyl (C=O) groups excluding carboxylic acids is 2. The Morgan fingerprint density at radius 3 is 2.52 bits per heavy atom. The van der Waals surface area contributed by atoms with Crippen LogP contribution in [0.5, 0.6) is 0 Å². The largest absolute Gasteiger partial charge is 0.380 e. The molecule has 118 valence electrons. The molecular formula is C16H26N2O3. The third-order valence-corrected chi connectivity index (χ3v) is 4.98. The Morgan fingerprint density at radius 2 is 1.95 bits per heavy atom. The van der Waals surface area contributed by atoms with Gasteiger partial charge in [0.05, 0.1) is 6.61 Å². The van der Waals surface area contributed by atoms with E-state index in [0.717, 1.165) is 32.1 Å². The molecular weight excluding hydrogens is 268 g/mol. The van der Waals surface area contributed by atoms with Gasteiger partial charge in [0.1, 0.15) is 11.6 Å². The zero-order chi connectivity index (χ0) is 15.0. The van der Waals surface area contributed by atoms with E-state index >= 15 is 0 Å². The van der Waals surface area contributed by atoms with Crippen molar-refractivity contribution in [3.8, 4) is 0 Å². The molecule has 3 aliphatic rings. The van der Waals surface area contributed by atoms with Crippen LogP contribution in [0.3, 0.4) is 0 Å². The van der Waals surface area contributed by atoms with E-state index in [-0.39, 0.29) is 17.9 Å². The Morgan fingerprint density at radius 1 is 1.24 bits per heavy atom. The van der Waals surface area contributed by atoms with Gasteiger partial charge in [-0.1, -0.05) is 6.92 Å². The second kappa shape index (κ2) is 5.59. The summed E-state index contributed by atoms with van der Waals surface area (Å²) >= 11 is 0. The van der Waals surface area contributed by atoms with E-state index in [4.69, 9.17) is 4.74 Å². The van der Waals surface area contributed by atoms with Crippen LogP contribution in [0.2, 0.25) is 0 Å². The number of nitrogens with zero attached hydrogens (tertiary/aromatic N) is 1. The van der Waals surface area contributed by atoms with E-state index in [9.17, 15) is 9.59 Å². The van der Waals surface area contributed by atoms with E-state index in [0.29, 0.717) is 31.6 Å². The molecule has 5 heteroatoms. The van der Waals surface area contributed by atoms with E-state index in [2.05, 4.69) is 12.2 Å². The molecule has 2 amide bonds. The predicted molar refractivity (Wildman–Crippen MR) is 78.6 cm³/mol. The predicted octanol–water partition coefficient (Wildman–Crippen LogP) is 1.32. The summed E-state index contributed by atoms with van der Waals surface area (Å²) in [6, 6.07) is -0.269.